The van der Waals surface area contributed by atoms with Crippen molar-refractivity contribution in [3.05, 3.63) is 35.4 Å². The van der Waals surface area contributed by atoms with Gasteiger partial charge in [0.05, 0.1) is 12.7 Å². The van der Waals surface area contributed by atoms with E-state index in [2.05, 4.69) is 5.32 Å². The molecule has 0 bridgehead atoms. The summed E-state index contributed by atoms with van der Waals surface area (Å²) in [5, 5.41) is 3.03. The lowest BCUT2D eigenvalue weighted by molar-refractivity contribution is -0.137. The fourth-order valence-electron chi connectivity index (χ4n) is 3.98. The Morgan fingerprint density at radius 1 is 0.935 bits per heavy atom. The molecule has 1 aromatic rings. The number of nitrogens with zero attached hydrogens (tertiary/aromatic N) is 2. The quantitative estimate of drug-likeness (QED) is 0.783. The average molecular weight is 441 g/mol. The third kappa shape index (κ3) is 5.68. The summed E-state index contributed by atoms with van der Waals surface area (Å²) in [6.45, 7) is 1.80. The largest absolute Gasteiger partial charge is 0.453 e. The summed E-state index contributed by atoms with van der Waals surface area (Å²) in [6, 6.07) is 4.17. The number of piperidine rings is 2. The van der Waals surface area contributed by atoms with Crippen LogP contribution in [0.3, 0.4) is 0 Å². The van der Waals surface area contributed by atoms with Crippen molar-refractivity contribution < 1.29 is 32.3 Å². The van der Waals surface area contributed by atoms with E-state index < -0.39 is 11.7 Å². The van der Waals surface area contributed by atoms with Crippen LogP contribution in [0.1, 0.15) is 41.6 Å². The van der Waals surface area contributed by atoms with Crippen LogP contribution in [0.25, 0.3) is 0 Å². The lowest BCUT2D eigenvalue weighted by atomic mass is 9.94. The zero-order chi connectivity index (χ0) is 22.6. The molecule has 3 amide bonds. The van der Waals surface area contributed by atoms with Crippen LogP contribution in [0.5, 0.6) is 0 Å². The molecule has 2 fully saturated rings. The summed E-state index contributed by atoms with van der Waals surface area (Å²) in [4.78, 5) is 39.9. The number of hydrogen-bond donors (Lipinski definition) is 1. The number of likely N-dealkylation sites (tertiary alicyclic amines) is 2. The Kier molecular flexibility index (Phi) is 7.07. The number of alkyl halides is 3. The second-order valence-electron chi connectivity index (χ2n) is 7.88. The SMILES string of the molecule is COC(=O)N1CCC(NC(=O)C2CCN(C(=O)c3ccc(C(F)(F)F)cc3)CC2)CC1. The molecule has 2 aliphatic rings. The number of amides is 3. The molecule has 0 unspecified atom stereocenters. The molecular formula is C21H26F3N3O4. The van der Waals surface area contributed by atoms with Gasteiger partial charge in [-0.3, -0.25) is 9.59 Å². The van der Waals surface area contributed by atoms with E-state index in [0.29, 0.717) is 51.9 Å². The molecule has 10 heteroatoms. The highest BCUT2D eigenvalue weighted by atomic mass is 19.4. The van der Waals surface area contributed by atoms with Crippen LogP contribution in [0.4, 0.5) is 18.0 Å². The third-order valence-corrected chi connectivity index (χ3v) is 5.89. The molecule has 0 radical (unpaired) electrons. The summed E-state index contributed by atoms with van der Waals surface area (Å²) < 4.78 is 42.7. The van der Waals surface area contributed by atoms with Crippen LogP contribution in [-0.2, 0) is 15.7 Å². The molecule has 3 rings (SSSR count). The highest BCUT2D eigenvalue weighted by molar-refractivity contribution is 5.94. The molecule has 0 aliphatic carbocycles. The van der Waals surface area contributed by atoms with Crippen molar-refractivity contribution in [1.82, 2.24) is 15.1 Å². The molecule has 2 saturated heterocycles. The Hall–Kier alpha value is -2.78. The van der Waals surface area contributed by atoms with Gasteiger partial charge in [0.2, 0.25) is 5.91 Å². The van der Waals surface area contributed by atoms with Gasteiger partial charge < -0.3 is 19.9 Å². The Labute approximate surface area is 178 Å². The second-order valence-corrected chi connectivity index (χ2v) is 7.88. The zero-order valence-corrected chi connectivity index (χ0v) is 17.3. The first kappa shape index (κ1) is 22.9. The van der Waals surface area contributed by atoms with Crippen molar-refractivity contribution in [3.8, 4) is 0 Å². The van der Waals surface area contributed by atoms with Gasteiger partial charge >= 0.3 is 12.3 Å². The van der Waals surface area contributed by atoms with E-state index in [-0.39, 0.29) is 35.4 Å². The molecular weight excluding hydrogens is 415 g/mol. The third-order valence-electron chi connectivity index (χ3n) is 5.89. The summed E-state index contributed by atoms with van der Waals surface area (Å²) in [5.41, 5.74) is -0.592. The van der Waals surface area contributed by atoms with E-state index >= 15 is 0 Å². The topological polar surface area (TPSA) is 79.0 Å². The van der Waals surface area contributed by atoms with Gasteiger partial charge in [0, 0.05) is 43.7 Å². The van der Waals surface area contributed by atoms with Gasteiger partial charge in [-0.1, -0.05) is 0 Å². The van der Waals surface area contributed by atoms with Gasteiger partial charge in [-0.15, -0.1) is 0 Å². The molecule has 0 saturated carbocycles. The van der Waals surface area contributed by atoms with Crippen LogP contribution in [0, 0.1) is 5.92 Å². The number of rotatable bonds is 3. The first-order valence-electron chi connectivity index (χ1n) is 10.3. The number of nitrogens with one attached hydrogen (secondary N) is 1. The van der Waals surface area contributed by atoms with E-state index in [0.717, 1.165) is 12.1 Å². The number of benzene rings is 1. The minimum Gasteiger partial charge on any atom is -0.453 e. The normalized spacial score (nSPS) is 18.6. The average Bonchev–Trinajstić information content (AvgIpc) is 2.78. The van der Waals surface area contributed by atoms with Crippen molar-refractivity contribution in [2.75, 3.05) is 33.3 Å². The zero-order valence-electron chi connectivity index (χ0n) is 17.3. The van der Waals surface area contributed by atoms with Crippen LogP contribution in [0.15, 0.2) is 24.3 Å². The first-order chi connectivity index (χ1) is 14.7. The minimum absolute atomic E-state index is 0.000199. The van der Waals surface area contributed by atoms with Crippen molar-refractivity contribution in [3.63, 3.8) is 0 Å². The van der Waals surface area contributed by atoms with Gasteiger partial charge in [0.1, 0.15) is 0 Å². The van der Waals surface area contributed by atoms with Crippen LogP contribution >= 0.6 is 0 Å². The standard InChI is InChI=1S/C21H26F3N3O4/c1-31-20(30)27-12-8-17(9-13-27)25-18(28)14-6-10-26(11-7-14)19(29)15-2-4-16(5-3-15)21(22,23)24/h2-5,14,17H,6-13H2,1H3,(H,25,28). The Balaban J connectivity index is 1.45. The molecule has 170 valence electrons. The number of ether oxygens (including phenoxy) is 1. The Bertz CT molecular complexity index is 797. The minimum atomic E-state index is -4.44. The van der Waals surface area contributed by atoms with Crippen LogP contribution in [0.2, 0.25) is 0 Å². The smallest absolute Gasteiger partial charge is 0.416 e. The molecule has 0 aromatic heterocycles. The van der Waals surface area contributed by atoms with Crippen molar-refractivity contribution in [2.24, 2.45) is 5.92 Å². The summed E-state index contributed by atoms with van der Waals surface area (Å²) in [6.07, 6.45) is -2.49. The van der Waals surface area contributed by atoms with E-state index in [1.807, 2.05) is 0 Å². The fourth-order valence-corrected chi connectivity index (χ4v) is 3.98. The molecule has 0 atom stereocenters. The Morgan fingerprint density at radius 3 is 2.00 bits per heavy atom. The second kappa shape index (κ2) is 9.57. The molecule has 0 spiro atoms. The van der Waals surface area contributed by atoms with Crippen molar-refractivity contribution in [2.45, 2.75) is 37.9 Å². The summed E-state index contributed by atoms with van der Waals surface area (Å²) in [7, 11) is 1.34. The monoisotopic (exact) mass is 441 g/mol. The van der Waals surface area contributed by atoms with Crippen molar-refractivity contribution >= 4 is 17.9 Å². The van der Waals surface area contributed by atoms with Gasteiger partial charge in [0.25, 0.3) is 5.91 Å². The van der Waals surface area contributed by atoms with Gasteiger partial charge in [-0.05, 0) is 49.9 Å². The molecule has 2 heterocycles. The molecule has 2 aliphatic heterocycles. The van der Waals surface area contributed by atoms with E-state index in [4.69, 9.17) is 4.74 Å². The predicted molar refractivity (Wildman–Crippen MR) is 105 cm³/mol. The number of hydrogen-bond acceptors (Lipinski definition) is 4. The molecule has 1 N–H and O–H groups in total. The number of carbonyl (C=O) groups excluding carboxylic acids is 3. The van der Waals surface area contributed by atoms with E-state index in [9.17, 15) is 27.6 Å². The Morgan fingerprint density at radius 2 is 1.48 bits per heavy atom. The van der Waals surface area contributed by atoms with Gasteiger partial charge in [-0.25, -0.2) is 4.79 Å². The highest BCUT2D eigenvalue weighted by Gasteiger charge is 2.32. The predicted octanol–water partition coefficient (Wildman–Crippen LogP) is 2.90. The maximum absolute atomic E-state index is 12.7. The summed E-state index contributed by atoms with van der Waals surface area (Å²) in [5.74, 6) is -0.601. The van der Waals surface area contributed by atoms with Gasteiger partial charge in [-0.2, -0.15) is 13.2 Å². The maximum Gasteiger partial charge on any atom is 0.416 e. The van der Waals surface area contributed by atoms with Gasteiger partial charge in [0.15, 0.2) is 0 Å². The first-order valence-corrected chi connectivity index (χ1v) is 10.3. The van der Waals surface area contributed by atoms with E-state index in [1.54, 1.807) is 9.80 Å². The lowest BCUT2D eigenvalue weighted by Gasteiger charge is -2.34. The lowest BCUT2D eigenvalue weighted by Crippen LogP contribution is -2.49. The fraction of sp³-hybridized carbons (Fsp3) is 0.571. The highest BCUT2D eigenvalue weighted by Crippen LogP contribution is 2.29. The van der Waals surface area contributed by atoms with Crippen molar-refractivity contribution in [1.29, 1.82) is 0 Å². The number of methoxy groups -OCH3 is 1. The molecule has 31 heavy (non-hydrogen) atoms. The van der Waals surface area contributed by atoms with Crippen LogP contribution < -0.4 is 5.32 Å². The number of carbonyl (C=O) groups is 3. The number of halogens is 3. The van der Waals surface area contributed by atoms with E-state index in [1.165, 1.54) is 19.2 Å². The molecule has 7 nitrogen and oxygen atoms in total. The van der Waals surface area contributed by atoms with Crippen LogP contribution in [-0.4, -0.2) is 67.0 Å². The molecule has 1 aromatic carbocycles. The maximum atomic E-state index is 12.7. The summed E-state index contributed by atoms with van der Waals surface area (Å²) >= 11 is 0.